The van der Waals surface area contributed by atoms with E-state index < -0.39 is 30.3 Å². The molecule has 1 aliphatic heterocycles. The van der Waals surface area contributed by atoms with E-state index in [0.717, 1.165) is 0 Å². The fourth-order valence-corrected chi connectivity index (χ4v) is 7.59. The normalized spacial score (nSPS) is 16.5. The number of benzene rings is 1. The summed E-state index contributed by atoms with van der Waals surface area (Å²) in [6.45, 7) is 3.25. The van der Waals surface area contributed by atoms with Crippen LogP contribution in [0.25, 0.3) is 0 Å². The molecule has 0 spiro atoms. The number of nitrogens with one attached hydrogen (secondary N) is 1. The van der Waals surface area contributed by atoms with Crippen molar-refractivity contribution in [3.63, 3.8) is 0 Å². The summed E-state index contributed by atoms with van der Waals surface area (Å²) in [6.07, 6.45) is -0.609. The first kappa shape index (κ1) is 29.2. The van der Waals surface area contributed by atoms with Crippen LogP contribution in [0.2, 0.25) is 0 Å². The first-order valence-electron chi connectivity index (χ1n) is 10.3. The lowest BCUT2D eigenvalue weighted by Crippen LogP contribution is -2.59. The molecule has 0 radical (unpaired) electrons. The maximum absolute atomic E-state index is 14.0. The number of aliphatic hydroxyl groups is 3. The number of rotatable bonds is 9. The lowest BCUT2D eigenvalue weighted by molar-refractivity contribution is -0.271. The number of carbonyl (C=O) groups excluding carboxylic acids is 2. The van der Waals surface area contributed by atoms with Gasteiger partial charge in [-0.25, -0.2) is 0 Å². The molecule has 0 aromatic heterocycles. The molecule has 0 saturated carbocycles. The van der Waals surface area contributed by atoms with Crippen molar-refractivity contribution in [2.24, 2.45) is 5.92 Å². The Morgan fingerprint density at radius 2 is 1.76 bits per heavy atom. The first-order chi connectivity index (χ1) is 15.5. The van der Waals surface area contributed by atoms with Gasteiger partial charge in [0, 0.05) is 12.5 Å². The average Bonchev–Trinajstić information content (AvgIpc) is 2.80. The van der Waals surface area contributed by atoms with Gasteiger partial charge in [-0.15, -0.1) is 0 Å². The number of amides is 2. The molecule has 33 heavy (non-hydrogen) atoms. The molecule has 186 valence electrons. The minimum atomic E-state index is -1.59. The van der Waals surface area contributed by atoms with Crippen molar-refractivity contribution in [1.82, 2.24) is 5.32 Å². The lowest BCUT2D eigenvalue weighted by atomic mass is 9.99. The summed E-state index contributed by atoms with van der Waals surface area (Å²) >= 11 is 5.94. The highest BCUT2D eigenvalue weighted by molar-refractivity contribution is 14.1. The average molecular weight is 803 g/mol. The minimum absolute atomic E-state index is 0.0518. The number of nitrogens with zero attached hydrogens (tertiary/aromatic N) is 1. The van der Waals surface area contributed by atoms with Gasteiger partial charge in [0.05, 0.1) is 66.7 Å². The largest absolute Gasteiger partial charge is 0.397 e. The monoisotopic (exact) mass is 803 g/mol. The molecule has 13 heteroatoms. The fourth-order valence-electron chi connectivity index (χ4n) is 3.35. The first-order valence-corrected chi connectivity index (χ1v) is 13.5. The van der Waals surface area contributed by atoms with Gasteiger partial charge in [0.2, 0.25) is 0 Å². The van der Waals surface area contributed by atoms with Gasteiger partial charge in [0.1, 0.15) is 0 Å². The third-order valence-corrected chi connectivity index (χ3v) is 8.31. The SMILES string of the molecule is CC(C)C1(C(=O)N(CC(O)CO)c2c(I)c(N)c(I)c(C(=O)NCCO)c2I)OCCCO1. The molecule has 2 rings (SSSR count). The standard InChI is InChI=1S/C20H28I3N3O7/c1-10(2)20(32-6-3-7-33-20)19(31)26(8-11(29)9-28)17-14(22)12(18(30)25-4-5-27)13(21)16(24)15(17)23/h10-11,27-29H,3-9,24H2,1-2H3,(H,25,30). The molecule has 1 aromatic rings. The van der Waals surface area contributed by atoms with Crippen LogP contribution in [0.3, 0.4) is 0 Å². The summed E-state index contributed by atoms with van der Waals surface area (Å²) in [5.74, 6) is -2.96. The zero-order valence-electron chi connectivity index (χ0n) is 18.2. The van der Waals surface area contributed by atoms with E-state index in [0.29, 0.717) is 41.7 Å². The Balaban J connectivity index is 2.72. The minimum Gasteiger partial charge on any atom is -0.397 e. The van der Waals surface area contributed by atoms with Gasteiger partial charge in [0.15, 0.2) is 0 Å². The van der Waals surface area contributed by atoms with Crippen molar-refractivity contribution in [1.29, 1.82) is 0 Å². The second-order valence-electron chi connectivity index (χ2n) is 7.68. The van der Waals surface area contributed by atoms with Gasteiger partial charge in [-0.1, -0.05) is 13.8 Å². The predicted molar refractivity (Wildman–Crippen MR) is 148 cm³/mol. The summed E-state index contributed by atoms with van der Waals surface area (Å²) in [5.41, 5.74) is 7.19. The van der Waals surface area contributed by atoms with Crippen molar-refractivity contribution in [2.75, 3.05) is 50.2 Å². The molecule has 1 atom stereocenters. The van der Waals surface area contributed by atoms with Crippen molar-refractivity contribution >= 4 is 91.0 Å². The number of ether oxygens (including phenoxy) is 2. The van der Waals surface area contributed by atoms with E-state index in [1.165, 1.54) is 4.90 Å². The predicted octanol–water partition coefficient (Wildman–Crippen LogP) is 1.28. The zero-order valence-corrected chi connectivity index (χ0v) is 24.7. The smallest absolute Gasteiger partial charge is 0.287 e. The molecule has 1 unspecified atom stereocenters. The third kappa shape index (κ3) is 6.21. The van der Waals surface area contributed by atoms with E-state index in [1.807, 2.05) is 67.8 Å². The number of nitrogen functional groups attached to an aromatic ring is 1. The number of halogens is 3. The molecule has 2 amide bonds. The molecule has 10 nitrogen and oxygen atoms in total. The van der Waals surface area contributed by atoms with E-state index >= 15 is 0 Å². The number of hydrogen-bond acceptors (Lipinski definition) is 8. The maximum Gasteiger partial charge on any atom is 0.287 e. The topological polar surface area (TPSA) is 155 Å². The Kier molecular flexibility index (Phi) is 11.3. The van der Waals surface area contributed by atoms with Crippen molar-refractivity contribution in [3.05, 3.63) is 16.3 Å². The second-order valence-corrected chi connectivity index (χ2v) is 10.9. The number of anilines is 2. The molecule has 1 heterocycles. The van der Waals surface area contributed by atoms with Crippen LogP contribution in [0.1, 0.15) is 30.6 Å². The Labute approximate surface area is 233 Å². The molecule has 0 bridgehead atoms. The van der Waals surface area contributed by atoms with Crippen LogP contribution in [-0.2, 0) is 14.3 Å². The van der Waals surface area contributed by atoms with Gasteiger partial charge in [-0.2, -0.15) is 0 Å². The highest BCUT2D eigenvalue weighted by atomic mass is 127. The van der Waals surface area contributed by atoms with Crippen molar-refractivity contribution in [3.8, 4) is 0 Å². The molecule has 1 fully saturated rings. The van der Waals surface area contributed by atoms with E-state index in [9.17, 15) is 19.8 Å². The van der Waals surface area contributed by atoms with E-state index in [-0.39, 0.29) is 31.2 Å². The molecule has 1 saturated heterocycles. The Morgan fingerprint density at radius 1 is 1.15 bits per heavy atom. The van der Waals surface area contributed by atoms with Crippen LogP contribution < -0.4 is 16.0 Å². The van der Waals surface area contributed by atoms with Crippen LogP contribution in [0.15, 0.2) is 0 Å². The number of carbonyl (C=O) groups is 2. The number of nitrogens with two attached hydrogens (primary N) is 1. The highest BCUT2D eigenvalue weighted by Crippen LogP contribution is 2.41. The van der Waals surface area contributed by atoms with E-state index in [2.05, 4.69) is 5.32 Å². The zero-order chi connectivity index (χ0) is 24.9. The van der Waals surface area contributed by atoms with Gasteiger partial charge in [-0.3, -0.25) is 9.59 Å². The highest BCUT2D eigenvalue weighted by Gasteiger charge is 2.49. The summed E-state index contributed by atoms with van der Waals surface area (Å²) in [4.78, 5) is 28.1. The van der Waals surface area contributed by atoms with Crippen molar-refractivity contribution in [2.45, 2.75) is 32.2 Å². The maximum atomic E-state index is 14.0. The van der Waals surface area contributed by atoms with Gasteiger partial charge >= 0.3 is 0 Å². The van der Waals surface area contributed by atoms with Crippen LogP contribution in [0.4, 0.5) is 11.4 Å². The van der Waals surface area contributed by atoms with Crippen molar-refractivity contribution < 1.29 is 34.4 Å². The summed E-state index contributed by atoms with van der Waals surface area (Å²) < 4.78 is 13.2. The second kappa shape index (κ2) is 12.8. The number of aliphatic hydroxyl groups excluding tert-OH is 3. The summed E-state index contributed by atoms with van der Waals surface area (Å²) in [5, 5.41) is 31.5. The van der Waals surface area contributed by atoms with Crippen LogP contribution >= 0.6 is 67.8 Å². The number of hydrogen-bond donors (Lipinski definition) is 5. The lowest BCUT2D eigenvalue weighted by Gasteiger charge is -2.42. The Morgan fingerprint density at radius 3 is 2.27 bits per heavy atom. The molecule has 1 aromatic carbocycles. The van der Waals surface area contributed by atoms with Gasteiger partial charge in [0.25, 0.3) is 17.6 Å². The molecule has 6 N–H and O–H groups in total. The Bertz CT molecular complexity index is 879. The molecule has 1 aliphatic rings. The summed E-state index contributed by atoms with van der Waals surface area (Å²) in [7, 11) is 0. The van der Waals surface area contributed by atoms with Crippen LogP contribution in [0, 0.1) is 16.6 Å². The summed E-state index contributed by atoms with van der Waals surface area (Å²) in [6, 6.07) is 0. The molecule has 0 aliphatic carbocycles. The Hall–Kier alpha value is -0.0500. The fraction of sp³-hybridized carbons (Fsp3) is 0.600. The quantitative estimate of drug-likeness (QED) is 0.185. The van der Waals surface area contributed by atoms with Crippen LogP contribution in [0.5, 0.6) is 0 Å². The van der Waals surface area contributed by atoms with Gasteiger partial charge in [-0.05, 0) is 74.2 Å². The van der Waals surface area contributed by atoms with E-state index in [4.69, 9.17) is 20.3 Å². The van der Waals surface area contributed by atoms with Gasteiger partial charge < -0.3 is 40.7 Å². The molecular formula is C20H28I3N3O7. The molecular weight excluding hydrogens is 775 g/mol. The third-order valence-electron chi connectivity index (χ3n) is 5.05. The van der Waals surface area contributed by atoms with Crippen LogP contribution in [-0.4, -0.2) is 78.5 Å². The van der Waals surface area contributed by atoms with E-state index in [1.54, 1.807) is 13.8 Å².